The Morgan fingerprint density at radius 2 is 1.95 bits per heavy atom. The van der Waals surface area contributed by atoms with Crippen LogP contribution in [0.5, 0.6) is 0 Å². The molecule has 0 spiro atoms. The van der Waals surface area contributed by atoms with Crippen molar-refractivity contribution in [2.45, 2.75) is 51.7 Å². The van der Waals surface area contributed by atoms with E-state index in [-0.39, 0.29) is 0 Å². The molecule has 118 valence electrons. The van der Waals surface area contributed by atoms with Crippen LogP contribution in [0.2, 0.25) is 0 Å². The molecular formula is C18H31N3. The molecule has 1 aliphatic heterocycles. The number of nitrogens with zero attached hydrogens (tertiary/aromatic N) is 2. The van der Waals surface area contributed by atoms with Crippen LogP contribution in [0, 0.1) is 0 Å². The molecule has 1 aromatic rings. The van der Waals surface area contributed by atoms with Crippen LogP contribution in [-0.4, -0.2) is 48.1 Å². The summed E-state index contributed by atoms with van der Waals surface area (Å²) in [5.74, 6) is 0. The van der Waals surface area contributed by atoms with Gasteiger partial charge in [-0.2, -0.15) is 0 Å². The molecule has 1 saturated heterocycles. The van der Waals surface area contributed by atoms with Gasteiger partial charge in [0.15, 0.2) is 0 Å². The number of rotatable bonds is 6. The van der Waals surface area contributed by atoms with Gasteiger partial charge in [-0.15, -0.1) is 0 Å². The van der Waals surface area contributed by atoms with Crippen molar-refractivity contribution >= 4 is 0 Å². The predicted octanol–water partition coefficient (Wildman–Crippen LogP) is 2.71. The molecular weight excluding hydrogens is 258 g/mol. The highest BCUT2D eigenvalue weighted by molar-refractivity contribution is 5.14. The molecule has 0 radical (unpaired) electrons. The fourth-order valence-electron chi connectivity index (χ4n) is 3.36. The van der Waals surface area contributed by atoms with Crippen LogP contribution >= 0.6 is 0 Å². The van der Waals surface area contributed by atoms with Crippen LogP contribution in [0.3, 0.4) is 0 Å². The molecule has 2 N–H and O–H groups in total. The van der Waals surface area contributed by atoms with E-state index in [1.165, 1.54) is 37.9 Å². The van der Waals surface area contributed by atoms with Crippen molar-refractivity contribution < 1.29 is 0 Å². The van der Waals surface area contributed by atoms with E-state index in [0.717, 1.165) is 19.6 Å². The Hall–Kier alpha value is -0.900. The van der Waals surface area contributed by atoms with Gasteiger partial charge in [0, 0.05) is 31.7 Å². The Morgan fingerprint density at radius 1 is 1.19 bits per heavy atom. The van der Waals surface area contributed by atoms with Crippen molar-refractivity contribution in [2.24, 2.45) is 5.73 Å². The lowest BCUT2D eigenvalue weighted by Crippen LogP contribution is -2.39. The fourth-order valence-corrected chi connectivity index (χ4v) is 3.36. The molecule has 0 aliphatic carbocycles. The Bertz CT molecular complexity index is 391. The topological polar surface area (TPSA) is 32.5 Å². The summed E-state index contributed by atoms with van der Waals surface area (Å²) >= 11 is 0. The molecule has 1 heterocycles. The smallest absolute Gasteiger partial charge is 0.0237 e. The van der Waals surface area contributed by atoms with E-state index in [1.54, 1.807) is 0 Å². The van der Waals surface area contributed by atoms with E-state index in [0.29, 0.717) is 12.1 Å². The third-order valence-electron chi connectivity index (χ3n) is 4.62. The molecule has 21 heavy (non-hydrogen) atoms. The highest BCUT2D eigenvalue weighted by Gasteiger charge is 2.23. The Balaban J connectivity index is 1.97. The fraction of sp³-hybridized carbons (Fsp3) is 0.667. The van der Waals surface area contributed by atoms with E-state index in [4.69, 9.17) is 5.73 Å². The van der Waals surface area contributed by atoms with Gasteiger partial charge < -0.3 is 10.6 Å². The van der Waals surface area contributed by atoms with Crippen LogP contribution in [0.4, 0.5) is 0 Å². The zero-order valence-electron chi connectivity index (χ0n) is 13.7. The van der Waals surface area contributed by atoms with Crippen molar-refractivity contribution in [1.29, 1.82) is 0 Å². The van der Waals surface area contributed by atoms with Crippen LogP contribution in [0.25, 0.3) is 0 Å². The molecule has 1 aromatic carbocycles. The molecule has 2 rings (SSSR count). The summed E-state index contributed by atoms with van der Waals surface area (Å²) in [4.78, 5) is 5.21. The van der Waals surface area contributed by atoms with Crippen LogP contribution in [0.1, 0.15) is 38.7 Å². The molecule has 0 saturated carbocycles. The van der Waals surface area contributed by atoms with Crippen LogP contribution < -0.4 is 5.73 Å². The molecule has 1 unspecified atom stereocenters. The maximum atomic E-state index is 5.85. The van der Waals surface area contributed by atoms with Gasteiger partial charge in [-0.3, -0.25) is 4.90 Å². The third-order valence-corrected chi connectivity index (χ3v) is 4.62. The molecule has 0 aromatic heterocycles. The number of likely N-dealkylation sites (tertiary alicyclic amines) is 1. The summed E-state index contributed by atoms with van der Waals surface area (Å²) in [5, 5.41) is 0. The first kappa shape index (κ1) is 16.5. The quantitative estimate of drug-likeness (QED) is 0.874. The second-order valence-corrected chi connectivity index (χ2v) is 6.46. The molecule has 0 amide bonds. The maximum Gasteiger partial charge on any atom is 0.0237 e. The first-order valence-electron chi connectivity index (χ1n) is 8.42. The Kier molecular flexibility index (Phi) is 6.68. The maximum absolute atomic E-state index is 5.85. The summed E-state index contributed by atoms with van der Waals surface area (Å²) in [6.07, 6.45) is 3.87. The van der Waals surface area contributed by atoms with E-state index in [2.05, 4.69) is 54.0 Å². The second kappa shape index (κ2) is 8.52. The van der Waals surface area contributed by atoms with Crippen molar-refractivity contribution in [3.8, 4) is 0 Å². The minimum atomic E-state index is 0.667. The normalized spacial score (nSPS) is 20.9. The van der Waals surface area contributed by atoms with Gasteiger partial charge in [0.05, 0.1) is 0 Å². The van der Waals surface area contributed by atoms with E-state index in [9.17, 15) is 0 Å². The lowest BCUT2D eigenvalue weighted by atomic mass is 10.1. The lowest BCUT2D eigenvalue weighted by molar-refractivity contribution is 0.168. The number of benzene rings is 1. The van der Waals surface area contributed by atoms with Crippen LogP contribution in [-0.2, 0) is 6.54 Å². The van der Waals surface area contributed by atoms with Crippen molar-refractivity contribution in [2.75, 3.05) is 26.2 Å². The number of hydrogen-bond donors (Lipinski definition) is 1. The van der Waals surface area contributed by atoms with Gasteiger partial charge in [0.25, 0.3) is 0 Å². The summed E-state index contributed by atoms with van der Waals surface area (Å²) < 4.78 is 0. The van der Waals surface area contributed by atoms with Crippen molar-refractivity contribution in [3.05, 3.63) is 35.9 Å². The summed E-state index contributed by atoms with van der Waals surface area (Å²) in [6, 6.07) is 12.1. The molecule has 0 bridgehead atoms. The largest absolute Gasteiger partial charge is 0.329 e. The Labute approximate surface area is 130 Å². The van der Waals surface area contributed by atoms with Gasteiger partial charge in [-0.05, 0) is 51.8 Å². The number of hydrogen-bond acceptors (Lipinski definition) is 3. The molecule has 1 fully saturated rings. The van der Waals surface area contributed by atoms with Gasteiger partial charge >= 0.3 is 0 Å². The zero-order chi connectivity index (χ0) is 15.1. The van der Waals surface area contributed by atoms with Crippen molar-refractivity contribution in [3.63, 3.8) is 0 Å². The summed E-state index contributed by atoms with van der Waals surface area (Å²) in [5.41, 5.74) is 7.25. The summed E-state index contributed by atoms with van der Waals surface area (Å²) in [6.45, 7) is 9.86. The van der Waals surface area contributed by atoms with E-state index >= 15 is 0 Å². The predicted molar refractivity (Wildman–Crippen MR) is 90.3 cm³/mol. The minimum absolute atomic E-state index is 0.667. The van der Waals surface area contributed by atoms with E-state index in [1.807, 2.05) is 0 Å². The zero-order valence-corrected chi connectivity index (χ0v) is 13.7. The monoisotopic (exact) mass is 289 g/mol. The van der Waals surface area contributed by atoms with Gasteiger partial charge in [0.2, 0.25) is 0 Å². The molecule has 3 nitrogen and oxygen atoms in total. The average Bonchev–Trinajstić information content (AvgIpc) is 2.74. The van der Waals surface area contributed by atoms with Crippen LogP contribution in [0.15, 0.2) is 30.3 Å². The van der Waals surface area contributed by atoms with Gasteiger partial charge in [-0.1, -0.05) is 30.3 Å². The average molecular weight is 289 g/mol. The highest BCUT2D eigenvalue weighted by Crippen LogP contribution is 2.20. The molecule has 3 heteroatoms. The number of nitrogens with two attached hydrogens (primary N) is 1. The Morgan fingerprint density at radius 3 is 2.62 bits per heavy atom. The van der Waals surface area contributed by atoms with Gasteiger partial charge in [0.1, 0.15) is 0 Å². The first-order chi connectivity index (χ1) is 10.2. The van der Waals surface area contributed by atoms with Gasteiger partial charge in [-0.25, -0.2) is 0 Å². The third kappa shape index (κ3) is 5.10. The molecule has 1 aliphatic rings. The minimum Gasteiger partial charge on any atom is -0.329 e. The highest BCUT2D eigenvalue weighted by atomic mass is 15.2. The second-order valence-electron chi connectivity index (χ2n) is 6.46. The van der Waals surface area contributed by atoms with E-state index < -0.39 is 0 Å². The standard InChI is InChI=1S/C18H31N3/c1-16(2)20-12-6-9-18(10-13-20)21(14-11-19)15-17-7-4-3-5-8-17/h3-5,7-8,16,18H,6,9-15,19H2,1-2H3. The van der Waals surface area contributed by atoms with Crippen molar-refractivity contribution in [1.82, 2.24) is 9.80 Å². The molecule has 1 atom stereocenters. The summed E-state index contributed by atoms with van der Waals surface area (Å²) in [7, 11) is 0. The SMILES string of the molecule is CC(C)N1CCCC(N(CCN)Cc2ccccc2)CC1. The lowest BCUT2D eigenvalue weighted by Gasteiger charge is -2.31. The first-order valence-corrected chi connectivity index (χ1v) is 8.42.